The average molecular weight is 365 g/mol. The van der Waals surface area contributed by atoms with Gasteiger partial charge in [0.1, 0.15) is 0 Å². The van der Waals surface area contributed by atoms with Crippen molar-refractivity contribution in [3.8, 4) is 0 Å². The molecule has 0 radical (unpaired) electrons. The van der Waals surface area contributed by atoms with Gasteiger partial charge in [-0.15, -0.1) is 0 Å². The molecule has 2 nitrogen and oxygen atoms in total. The SMILES string of the molecule is Cc1ccc(C(=O)Nc2ccc(I)cc2C)cc1C. The molecule has 1 amide bonds. The molecule has 0 aliphatic carbocycles. The molecule has 3 heteroatoms. The molecule has 1 N–H and O–H groups in total. The molecule has 0 heterocycles. The molecule has 0 fully saturated rings. The number of carbonyl (C=O) groups excluding carboxylic acids is 1. The maximum Gasteiger partial charge on any atom is 0.255 e. The van der Waals surface area contributed by atoms with Crippen LogP contribution in [0.5, 0.6) is 0 Å². The molecule has 98 valence electrons. The smallest absolute Gasteiger partial charge is 0.255 e. The molecule has 0 saturated heterocycles. The monoisotopic (exact) mass is 365 g/mol. The van der Waals surface area contributed by atoms with Crippen molar-refractivity contribution >= 4 is 34.2 Å². The Balaban J connectivity index is 2.23. The first-order valence-corrected chi connectivity index (χ1v) is 7.20. The Bertz CT molecular complexity index is 635. The third-order valence-corrected chi connectivity index (χ3v) is 3.88. The topological polar surface area (TPSA) is 29.1 Å². The van der Waals surface area contributed by atoms with Crippen molar-refractivity contribution in [1.82, 2.24) is 0 Å². The first-order chi connectivity index (χ1) is 8.97. The van der Waals surface area contributed by atoms with E-state index in [1.807, 2.05) is 51.1 Å². The van der Waals surface area contributed by atoms with Crippen LogP contribution in [0.25, 0.3) is 0 Å². The lowest BCUT2D eigenvalue weighted by Gasteiger charge is -2.10. The van der Waals surface area contributed by atoms with Crippen LogP contribution in [0.1, 0.15) is 27.0 Å². The van der Waals surface area contributed by atoms with Crippen molar-refractivity contribution in [3.05, 3.63) is 62.2 Å². The Morgan fingerprint density at radius 1 is 0.947 bits per heavy atom. The van der Waals surface area contributed by atoms with E-state index >= 15 is 0 Å². The highest BCUT2D eigenvalue weighted by molar-refractivity contribution is 14.1. The third-order valence-electron chi connectivity index (χ3n) is 3.21. The fourth-order valence-electron chi connectivity index (χ4n) is 1.84. The zero-order valence-electron chi connectivity index (χ0n) is 11.3. The predicted octanol–water partition coefficient (Wildman–Crippen LogP) is 4.47. The van der Waals surface area contributed by atoms with Crippen LogP contribution in [-0.4, -0.2) is 5.91 Å². The Morgan fingerprint density at radius 2 is 1.68 bits per heavy atom. The van der Waals surface area contributed by atoms with Gasteiger partial charge < -0.3 is 5.32 Å². The van der Waals surface area contributed by atoms with Gasteiger partial charge in [-0.25, -0.2) is 0 Å². The van der Waals surface area contributed by atoms with Gasteiger partial charge in [0.2, 0.25) is 0 Å². The van der Waals surface area contributed by atoms with Gasteiger partial charge in [0.15, 0.2) is 0 Å². The summed E-state index contributed by atoms with van der Waals surface area (Å²) in [6.07, 6.45) is 0. The number of rotatable bonds is 2. The summed E-state index contributed by atoms with van der Waals surface area (Å²) in [5, 5.41) is 2.96. The lowest BCUT2D eigenvalue weighted by molar-refractivity contribution is 0.102. The summed E-state index contributed by atoms with van der Waals surface area (Å²) >= 11 is 2.26. The van der Waals surface area contributed by atoms with Crippen LogP contribution in [-0.2, 0) is 0 Å². The molecule has 0 aromatic heterocycles. The Kier molecular flexibility index (Phi) is 4.24. The van der Waals surface area contributed by atoms with Crippen LogP contribution in [0, 0.1) is 24.3 Å². The minimum Gasteiger partial charge on any atom is -0.322 e. The number of benzene rings is 2. The van der Waals surface area contributed by atoms with Crippen LogP contribution in [0.2, 0.25) is 0 Å². The van der Waals surface area contributed by atoms with Gasteiger partial charge >= 0.3 is 0 Å². The molecular formula is C16H16INO. The second-order valence-electron chi connectivity index (χ2n) is 4.71. The zero-order chi connectivity index (χ0) is 14.0. The number of halogens is 1. The molecule has 19 heavy (non-hydrogen) atoms. The van der Waals surface area contributed by atoms with Gasteiger partial charge in [-0.1, -0.05) is 6.07 Å². The summed E-state index contributed by atoms with van der Waals surface area (Å²) in [5.41, 5.74) is 4.96. The largest absolute Gasteiger partial charge is 0.322 e. The van der Waals surface area contributed by atoms with E-state index in [0.717, 1.165) is 16.8 Å². The lowest BCUT2D eigenvalue weighted by Crippen LogP contribution is -2.13. The minimum atomic E-state index is -0.0626. The van der Waals surface area contributed by atoms with Gasteiger partial charge in [0, 0.05) is 14.8 Å². The minimum absolute atomic E-state index is 0.0626. The van der Waals surface area contributed by atoms with Gasteiger partial charge in [0.25, 0.3) is 5.91 Å². The van der Waals surface area contributed by atoms with Crippen molar-refractivity contribution < 1.29 is 4.79 Å². The van der Waals surface area contributed by atoms with Crippen LogP contribution in [0.15, 0.2) is 36.4 Å². The highest BCUT2D eigenvalue weighted by Gasteiger charge is 2.08. The number of anilines is 1. The molecule has 0 spiro atoms. The van der Waals surface area contributed by atoms with Crippen molar-refractivity contribution in [2.45, 2.75) is 20.8 Å². The number of hydrogen-bond acceptors (Lipinski definition) is 1. The van der Waals surface area contributed by atoms with E-state index < -0.39 is 0 Å². The van der Waals surface area contributed by atoms with Gasteiger partial charge in [0.05, 0.1) is 0 Å². The van der Waals surface area contributed by atoms with Crippen molar-refractivity contribution in [2.24, 2.45) is 0 Å². The summed E-state index contributed by atoms with van der Waals surface area (Å²) in [7, 11) is 0. The van der Waals surface area contributed by atoms with Crippen molar-refractivity contribution in [2.75, 3.05) is 5.32 Å². The zero-order valence-corrected chi connectivity index (χ0v) is 13.4. The highest BCUT2D eigenvalue weighted by Crippen LogP contribution is 2.19. The maximum atomic E-state index is 12.2. The molecule has 2 aromatic rings. The quantitative estimate of drug-likeness (QED) is 0.782. The molecule has 0 atom stereocenters. The summed E-state index contributed by atoms with van der Waals surface area (Å²) in [6, 6.07) is 11.7. The van der Waals surface area contributed by atoms with E-state index in [0.29, 0.717) is 5.56 Å². The van der Waals surface area contributed by atoms with Crippen LogP contribution >= 0.6 is 22.6 Å². The fraction of sp³-hybridized carbons (Fsp3) is 0.188. The lowest BCUT2D eigenvalue weighted by atomic mass is 10.1. The normalized spacial score (nSPS) is 10.3. The van der Waals surface area contributed by atoms with Crippen LogP contribution < -0.4 is 5.32 Å². The average Bonchev–Trinajstić information content (AvgIpc) is 2.36. The molecule has 0 aliphatic rings. The second-order valence-corrected chi connectivity index (χ2v) is 5.96. The Morgan fingerprint density at radius 3 is 2.32 bits per heavy atom. The first kappa shape index (κ1) is 14.1. The van der Waals surface area contributed by atoms with Crippen LogP contribution in [0.4, 0.5) is 5.69 Å². The molecule has 2 aromatic carbocycles. The maximum absolute atomic E-state index is 12.2. The number of aryl methyl sites for hydroxylation is 3. The molecule has 0 saturated carbocycles. The predicted molar refractivity (Wildman–Crippen MR) is 87.8 cm³/mol. The standard InChI is InChI=1S/C16H16INO/c1-10-4-5-13(8-11(10)2)16(19)18-15-7-6-14(17)9-12(15)3/h4-9H,1-3H3,(H,18,19). The Labute approximate surface area is 127 Å². The van der Waals surface area contributed by atoms with E-state index in [9.17, 15) is 4.79 Å². The van der Waals surface area contributed by atoms with Gasteiger partial charge in [-0.2, -0.15) is 0 Å². The number of amides is 1. The van der Waals surface area contributed by atoms with Crippen LogP contribution in [0.3, 0.4) is 0 Å². The summed E-state index contributed by atoms with van der Waals surface area (Å²) in [6.45, 7) is 6.06. The number of hydrogen-bond donors (Lipinski definition) is 1. The molecule has 0 aliphatic heterocycles. The van der Waals surface area contributed by atoms with E-state index in [2.05, 4.69) is 34.0 Å². The van der Waals surface area contributed by atoms with E-state index in [-0.39, 0.29) is 5.91 Å². The van der Waals surface area contributed by atoms with E-state index in [1.54, 1.807) is 0 Å². The number of carbonyl (C=O) groups is 1. The molecule has 0 unspecified atom stereocenters. The van der Waals surface area contributed by atoms with Crippen molar-refractivity contribution in [1.29, 1.82) is 0 Å². The van der Waals surface area contributed by atoms with Gasteiger partial charge in [-0.3, -0.25) is 4.79 Å². The first-order valence-electron chi connectivity index (χ1n) is 6.12. The summed E-state index contributed by atoms with van der Waals surface area (Å²) in [5.74, 6) is -0.0626. The van der Waals surface area contributed by atoms with E-state index in [1.165, 1.54) is 9.13 Å². The molecule has 0 bridgehead atoms. The summed E-state index contributed by atoms with van der Waals surface area (Å²) < 4.78 is 1.17. The van der Waals surface area contributed by atoms with Gasteiger partial charge in [-0.05, 0) is 90.4 Å². The van der Waals surface area contributed by atoms with E-state index in [4.69, 9.17) is 0 Å². The highest BCUT2D eigenvalue weighted by atomic mass is 127. The molecular weight excluding hydrogens is 349 g/mol. The number of nitrogens with one attached hydrogen (secondary N) is 1. The summed E-state index contributed by atoms with van der Waals surface area (Å²) in [4.78, 5) is 12.2. The van der Waals surface area contributed by atoms with Crippen molar-refractivity contribution in [3.63, 3.8) is 0 Å². The third kappa shape index (κ3) is 3.35. The second kappa shape index (κ2) is 5.74. The molecule has 2 rings (SSSR count). The Hall–Kier alpha value is -1.36. The fourth-order valence-corrected chi connectivity index (χ4v) is 2.49.